The standard InChI is InChI=1S/C22H26N2OS/c1-13-6-8-16(14(2)10-13)20(25)24-21-18(12-23)17-9-7-15(22(3,4)5)11-19(17)26-21/h6,8,10,15H,7,9,11H2,1-5H3,(H,24,25)/t15-/m0/s1. The Kier molecular flexibility index (Phi) is 4.94. The van der Waals surface area contributed by atoms with Crippen molar-refractivity contribution in [3.8, 4) is 6.07 Å². The smallest absolute Gasteiger partial charge is 0.256 e. The Hall–Kier alpha value is -2.12. The highest BCUT2D eigenvalue weighted by molar-refractivity contribution is 7.16. The number of hydrogen-bond acceptors (Lipinski definition) is 3. The van der Waals surface area contributed by atoms with Gasteiger partial charge in [0.15, 0.2) is 0 Å². The molecule has 0 fully saturated rings. The van der Waals surface area contributed by atoms with E-state index in [0.29, 0.717) is 22.0 Å². The van der Waals surface area contributed by atoms with Gasteiger partial charge in [-0.1, -0.05) is 38.5 Å². The monoisotopic (exact) mass is 366 g/mol. The largest absolute Gasteiger partial charge is 0.312 e. The zero-order valence-corrected chi connectivity index (χ0v) is 17.0. The van der Waals surface area contributed by atoms with Gasteiger partial charge in [-0.15, -0.1) is 11.3 Å². The van der Waals surface area contributed by atoms with Gasteiger partial charge in [0.1, 0.15) is 11.1 Å². The van der Waals surface area contributed by atoms with E-state index in [1.54, 1.807) is 11.3 Å². The van der Waals surface area contributed by atoms with Crippen LogP contribution in [0.1, 0.15) is 64.7 Å². The Morgan fingerprint density at radius 2 is 2.04 bits per heavy atom. The summed E-state index contributed by atoms with van der Waals surface area (Å²) in [5, 5.41) is 13.4. The molecule has 0 aliphatic heterocycles. The van der Waals surface area contributed by atoms with Gasteiger partial charge in [-0.2, -0.15) is 5.26 Å². The second-order valence-electron chi connectivity index (χ2n) is 8.40. The van der Waals surface area contributed by atoms with Crippen molar-refractivity contribution < 1.29 is 4.79 Å². The van der Waals surface area contributed by atoms with Crippen molar-refractivity contribution in [1.82, 2.24) is 0 Å². The molecule has 2 aromatic rings. The van der Waals surface area contributed by atoms with Crippen LogP contribution in [-0.2, 0) is 12.8 Å². The molecule has 26 heavy (non-hydrogen) atoms. The Balaban J connectivity index is 1.89. The number of hydrogen-bond donors (Lipinski definition) is 1. The van der Waals surface area contributed by atoms with Crippen LogP contribution in [0.15, 0.2) is 18.2 Å². The molecule has 136 valence electrons. The minimum Gasteiger partial charge on any atom is -0.312 e. The van der Waals surface area contributed by atoms with Gasteiger partial charge in [0.05, 0.1) is 5.56 Å². The fraction of sp³-hybridized carbons (Fsp3) is 0.455. The lowest BCUT2D eigenvalue weighted by molar-refractivity contribution is 0.102. The van der Waals surface area contributed by atoms with Gasteiger partial charge >= 0.3 is 0 Å². The third kappa shape index (κ3) is 3.54. The van der Waals surface area contributed by atoms with E-state index in [0.717, 1.165) is 36.0 Å². The summed E-state index contributed by atoms with van der Waals surface area (Å²) in [4.78, 5) is 14.0. The van der Waals surface area contributed by atoms with Crippen molar-refractivity contribution >= 4 is 22.2 Å². The number of nitrogens with zero attached hydrogens (tertiary/aromatic N) is 1. The first-order valence-electron chi connectivity index (χ1n) is 9.14. The summed E-state index contributed by atoms with van der Waals surface area (Å²) < 4.78 is 0. The Bertz CT molecular complexity index is 896. The molecule has 4 heteroatoms. The summed E-state index contributed by atoms with van der Waals surface area (Å²) in [5.41, 5.74) is 4.83. The van der Waals surface area contributed by atoms with Crippen molar-refractivity contribution in [2.45, 2.75) is 53.9 Å². The van der Waals surface area contributed by atoms with Crippen LogP contribution in [0.4, 0.5) is 5.00 Å². The zero-order valence-electron chi connectivity index (χ0n) is 16.2. The van der Waals surface area contributed by atoms with Crippen molar-refractivity contribution in [3.05, 3.63) is 50.9 Å². The van der Waals surface area contributed by atoms with Crippen LogP contribution in [0.3, 0.4) is 0 Å². The highest BCUT2D eigenvalue weighted by Gasteiger charge is 2.32. The summed E-state index contributed by atoms with van der Waals surface area (Å²) in [5.74, 6) is 0.480. The zero-order chi connectivity index (χ0) is 19.1. The number of fused-ring (bicyclic) bond motifs is 1. The molecule has 0 bridgehead atoms. The van der Waals surface area contributed by atoms with E-state index < -0.39 is 0 Å². The molecule has 3 nitrogen and oxygen atoms in total. The van der Waals surface area contributed by atoms with Crippen LogP contribution in [-0.4, -0.2) is 5.91 Å². The van der Waals surface area contributed by atoms with E-state index in [1.807, 2.05) is 32.0 Å². The topological polar surface area (TPSA) is 52.9 Å². The van der Waals surface area contributed by atoms with Gasteiger partial charge < -0.3 is 5.32 Å². The van der Waals surface area contributed by atoms with Crippen molar-refractivity contribution in [2.75, 3.05) is 5.32 Å². The quantitative estimate of drug-likeness (QED) is 0.748. The molecule has 1 amide bonds. The van der Waals surface area contributed by atoms with E-state index >= 15 is 0 Å². The number of aryl methyl sites for hydroxylation is 2. The predicted molar refractivity (Wildman–Crippen MR) is 108 cm³/mol. The van der Waals surface area contributed by atoms with E-state index in [2.05, 4.69) is 32.2 Å². The highest BCUT2D eigenvalue weighted by atomic mass is 32.1. The maximum absolute atomic E-state index is 12.7. The highest BCUT2D eigenvalue weighted by Crippen LogP contribution is 2.44. The maximum Gasteiger partial charge on any atom is 0.256 e. The summed E-state index contributed by atoms with van der Waals surface area (Å²) in [7, 11) is 0. The number of rotatable bonds is 2. The summed E-state index contributed by atoms with van der Waals surface area (Å²) in [6, 6.07) is 8.14. The number of nitriles is 1. The molecule has 0 saturated carbocycles. The van der Waals surface area contributed by atoms with Crippen LogP contribution < -0.4 is 5.32 Å². The number of carbonyl (C=O) groups excluding carboxylic acids is 1. The number of carbonyl (C=O) groups is 1. The van der Waals surface area contributed by atoms with Crippen LogP contribution in [0.2, 0.25) is 0 Å². The lowest BCUT2D eigenvalue weighted by Gasteiger charge is -2.33. The minimum absolute atomic E-state index is 0.134. The van der Waals surface area contributed by atoms with Crippen molar-refractivity contribution in [1.29, 1.82) is 5.26 Å². The molecule has 1 atom stereocenters. The minimum atomic E-state index is -0.134. The number of nitrogens with one attached hydrogen (secondary N) is 1. The van der Waals surface area contributed by atoms with Crippen LogP contribution in [0.25, 0.3) is 0 Å². The lowest BCUT2D eigenvalue weighted by Crippen LogP contribution is -2.26. The average molecular weight is 367 g/mol. The van der Waals surface area contributed by atoms with Crippen LogP contribution in [0.5, 0.6) is 0 Å². The van der Waals surface area contributed by atoms with Crippen molar-refractivity contribution in [2.24, 2.45) is 11.3 Å². The van der Waals surface area contributed by atoms with Gasteiger partial charge in [-0.3, -0.25) is 4.79 Å². The molecule has 1 N–H and O–H groups in total. The normalized spacial score (nSPS) is 16.7. The first-order chi connectivity index (χ1) is 12.2. The molecule has 0 spiro atoms. The van der Waals surface area contributed by atoms with E-state index in [4.69, 9.17) is 0 Å². The van der Waals surface area contributed by atoms with E-state index in [1.165, 1.54) is 4.88 Å². The molecule has 0 unspecified atom stereocenters. The third-order valence-corrected chi connectivity index (χ3v) is 6.63. The van der Waals surface area contributed by atoms with Gasteiger partial charge in [0.2, 0.25) is 0 Å². The second-order valence-corrected chi connectivity index (χ2v) is 9.50. The molecule has 1 aliphatic carbocycles. The molecule has 1 heterocycles. The predicted octanol–water partition coefficient (Wildman–Crippen LogP) is 5.64. The van der Waals surface area contributed by atoms with Crippen LogP contribution in [0, 0.1) is 36.5 Å². The number of anilines is 1. The summed E-state index contributed by atoms with van der Waals surface area (Å²) in [6.45, 7) is 10.8. The van der Waals surface area contributed by atoms with E-state index in [-0.39, 0.29) is 11.3 Å². The second kappa shape index (κ2) is 6.89. The number of thiophene rings is 1. The third-order valence-electron chi connectivity index (χ3n) is 5.46. The average Bonchev–Trinajstić information content (AvgIpc) is 2.89. The first kappa shape index (κ1) is 18.7. The summed E-state index contributed by atoms with van der Waals surface area (Å²) in [6.07, 6.45) is 3.03. The van der Waals surface area contributed by atoms with Gasteiger partial charge in [-0.25, -0.2) is 0 Å². The maximum atomic E-state index is 12.7. The SMILES string of the molecule is Cc1ccc(C(=O)Nc2sc3c(c2C#N)CC[C@H](C(C)(C)C)C3)c(C)c1. The molecule has 0 saturated heterocycles. The molecule has 3 rings (SSSR count). The first-order valence-corrected chi connectivity index (χ1v) is 9.95. The van der Waals surface area contributed by atoms with E-state index in [9.17, 15) is 10.1 Å². The van der Waals surface area contributed by atoms with Gasteiger partial charge in [0, 0.05) is 10.4 Å². The van der Waals surface area contributed by atoms with Gasteiger partial charge in [0.25, 0.3) is 5.91 Å². The Morgan fingerprint density at radius 1 is 1.31 bits per heavy atom. The molecule has 1 aromatic carbocycles. The number of benzene rings is 1. The van der Waals surface area contributed by atoms with Crippen molar-refractivity contribution in [3.63, 3.8) is 0 Å². The molecular weight excluding hydrogens is 340 g/mol. The molecule has 1 aliphatic rings. The molecule has 1 aromatic heterocycles. The summed E-state index contributed by atoms with van der Waals surface area (Å²) >= 11 is 1.58. The fourth-order valence-corrected chi connectivity index (χ4v) is 5.04. The van der Waals surface area contributed by atoms with Gasteiger partial charge in [-0.05, 0) is 61.6 Å². The lowest BCUT2D eigenvalue weighted by atomic mass is 9.72. The fourth-order valence-electron chi connectivity index (χ4n) is 3.77. The van der Waals surface area contributed by atoms with Crippen LogP contribution >= 0.6 is 11.3 Å². The Labute approximate surface area is 160 Å². The Morgan fingerprint density at radius 3 is 2.65 bits per heavy atom. The molecular formula is C22H26N2OS. The number of amides is 1. The molecule has 0 radical (unpaired) electrons.